The van der Waals surface area contributed by atoms with E-state index in [1.54, 1.807) is 4.90 Å². The van der Waals surface area contributed by atoms with E-state index >= 15 is 0 Å². The van der Waals surface area contributed by atoms with Gasteiger partial charge in [0.05, 0.1) is 12.7 Å². The van der Waals surface area contributed by atoms with Gasteiger partial charge in [-0.05, 0) is 63.0 Å². The van der Waals surface area contributed by atoms with Crippen LogP contribution < -0.4 is 5.32 Å². The van der Waals surface area contributed by atoms with Crippen molar-refractivity contribution in [1.29, 1.82) is 0 Å². The Morgan fingerprint density at radius 2 is 1.97 bits per heavy atom. The molecule has 1 saturated carbocycles. The van der Waals surface area contributed by atoms with Gasteiger partial charge in [0.2, 0.25) is 5.91 Å². The maximum atomic E-state index is 13.6. The SMILES string of the molecule is Cc1ccccc1C(=O)N1C(C(=O)NCC2CCCO2)COC12CCC(C)CC2. The van der Waals surface area contributed by atoms with Crippen molar-refractivity contribution in [2.45, 2.75) is 70.2 Å². The maximum absolute atomic E-state index is 13.6. The van der Waals surface area contributed by atoms with Crippen molar-refractivity contribution in [3.63, 3.8) is 0 Å². The van der Waals surface area contributed by atoms with Gasteiger partial charge in [-0.3, -0.25) is 14.5 Å². The van der Waals surface area contributed by atoms with Gasteiger partial charge in [0.1, 0.15) is 11.8 Å². The van der Waals surface area contributed by atoms with Crippen molar-refractivity contribution in [1.82, 2.24) is 10.2 Å². The number of rotatable bonds is 4. The summed E-state index contributed by atoms with van der Waals surface area (Å²) in [6.07, 6.45) is 5.64. The minimum absolute atomic E-state index is 0.0753. The third-order valence-electron chi connectivity index (χ3n) is 6.74. The van der Waals surface area contributed by atoms with Crippen LogP contribution in [0.5, 0.6) is 0 Å². The number of benzene rings is 1. The van der Waals surface area contributed by atoms with Gasteiger partial charge in [0.15, 0.2) is 0 Å². The second kappa shape index (κ2) is 8.44. The van der Waals surface area contributed by atoms with Crippen molar-refractivity contribution in [2.24, 2.45) is 5.92 Å². The van der Waals surface area contributed by atoms with Crippen molar-refractivity contribution in [3.8, 4) is 0 Å². The van der Waals surface area contributed by atoms with Crippen LogP contribution in [-0.4, -0.2) is 54.3 Å². The Morgan fingerprint density at radius 3 is 2.66 bits per heavy atom. The summed E-state index contributed by atoms with van der Waals surface area (Å²) in [5.74, 6) is 0.373. The molecule has 1 N–H and O–H groups in total. The smallest absolute Gasteiger partial charge is 0.257 e. The molecule has 2 aliphatic heterocycles. The number of carbonyl (C=O) groups excluding carboxylic acids is 2. The summed E-state index contributed by atoms with van der Waals surface area (Å²) in [5.41, 5.74) is 0.896. The van der Waals surface area contributed by atoms with Gasteiger partial charge in [0, 0.05) is 18.7 Å². The highest BCUT2D eigenvalue weighted by molar-refractivity contribution is 5.99. The highest BCUT2D eigenvalue weighted by Gasteiger charge is 2.53. The van der Waals surface area contributed by atoms with E-state index in [1.165, 1.54) is 0 Å². The highest BCUT2D eigenvalue weighted by atomic mass is 16.5. The van der Waals surface area contributed by atoms with Gasteiger partial charge in [-0.1, -0.05) is 25.1 Å². The van der Waals surface area contributed by atoms with Gasteiger partial charge in [-0.15, -0.1) is 0 Å². The zero-order valence-electron chi connectivity index (χ0n) is 17.5. The monoisotopic (exact) mass is 400 g/mol. The number of amides is 2. The van der Waals surface area contributed by atoms with E-state index in [9.17, 15) is 9.59 Å². The number of carbonyl (C=O) groups is 2. The predicted molar refractivity (Wildman–Crippen MR) is 109 cm³/mol. The van der Waals surface area contributed by atoms with Crippen LogP contribution in [0.2, 0.25) is 0 Å². The Bertz CT molecular complexity index is 751. The lowest BCUT2D eigenvalue weighted by Gasteiger charge is -2.43. The van der Waals surface area contributed by atoms with Crippen LogP contribution in [0.4, 0.5) is 0 Å². The zero-order chi connectivity index (χ0) is 20.4. The fraction of sp³-hybridized carbons (Fsp3) is 0.652. The molecular formula is C23H32N2O4. The van der Waals surface area contributed by atoms with Crippen LogP contribution in [0.15, 0.2) is 24.3 Å². The number of hydrogen-bond acceptors (Lipinski definition) is 4. The van der Waals surface area contributed by atoms with Crippen LogP contribution in [0.1, 0.15) is 61.4 Å². The van der Waals surface area contributed by atoms with Gasteiger partial charge >= 0.3 is 0 Å². The van der Waals surface area contributed by atoms with Gasteiger partial charge in [-0.25, -0.2) is 0 Å². The summed E-state index contributed by atoms with van der Waals surface area (Å²) in [6, 6.07) is 6.98. The first-order valence-electron chi connectivity index (χ1n) is 10.9. The normalized spacial score (nSPS) is 31.9. The highest BCUT2D eigenvalue weighted by Crippen LogP contribution is 2.43. The fourth-order valence-corrected chi connectivity index (χ4v) is 4.86. The molecule has 3 aliphatic rings. The Hall–Kier alpha value is -1.92. The predicted octanol–water partition coefficient (Wildman–Crippen LogP) is 3.04. The average Bonchev–Trinajstić information content (AvgIpc) is 3.37. The summed E-state index contributed by atoms with van der Waals surface area (Å²) >= 11 is 0. The van der Waals surface area contributed by atoms with Crippen LogP contribution >= 0.6 is 0 Å². The van der Waals surface area contributed by atoms with Gasteiger partial charge < -0.3 is 14.8 Å². The molecule has 2 unspecified atom stereocenters. The number of nitrogens with zero attached hydrogens (tertiary/aromatic N) is 1. The Morgan fingerprint density at radius 1 is 1.21 bits per heavy atom. The number of aryl methyl sites for hydroxylation is 1. The van der Waals surface area contributed by atoms with Crippen LogP contribution in [0, 0.1) is 12.8 Å². The third kappa shape index (κ3) is 4.05. The van der Waals surface area contributed by atoms with Crippen molar-refractivity contribution in [2.75, 3.05) is 19.8 Å². The van der Waals surface area contributed by atoms with Crippen molar-refractivity contribution < 1.29 is 19.1 Å². The number of hydrogen-bond donors (Lipinski definition) is 1. The summed E-state index contributed by atoms with van der Waals surface area (Å²) in [6.45, 7) is 5.68. The lowest BCUT2D eigenvalue weighted by molar-refractivity contribution is -0.128. The first kappa shape index (κ1) is 20.4. The van der Waals surface area contributed by atoms with Crippen molar-refractivity contribution in [3.05, 3.63) is 35.4 Å². The van der Waals surface area contributed by atoms with Crippen LogP contribution in [0.25, 0.3) is 0 Å². The topological polar surface area (TPSA) is 67.9 Å². The molecule has 1 spiro atoms. The minimum atomic E-state index is -0.669. The van der Waals surface area contributed by atoms with E-state index in [0.29, 0.717) is 18.0 Å². The summed E-state index contributed by atoms with van der Waals surface area (Å²) in [4.78, 5) is 28.5. The van der Waals surface area contributed by atoms with E-state index < -0.39 is 11.8 Å². The van der Waals surface area contributed by atoms with E-state index in [0.717, 1.165) is 50.7 Å². The number of ether oxygens (including phenoxy) is 2. The second-order valence-electron chi connectivity index (χ2n) is 8.83. The fourth-order valence-electron chi connectivity index (χ4n) is 4.86. The Kier molecular flexibility index (Phi) is 5.93. The maximum Gasteiger partial charge on any atom is 0.257 e. The van der Waals surface area contributed by atoms with E-state index in [1.807, 2.05) is 31.2 Å². The summed E-state index contributed by atoms with van der Waals surface area (Å²) in [5, 5.41) is 3.01. The number of nitrogens with one attached hydrogen (secondary N) is 1. The van der Waals surface area contributed by atoms with Crippen LogP contribution in [-0.2, 0) is 14.3 Å². The van der Waals surface area contributed by atoms with E-state index in [2.05, 4.69) is 12.2 Å². The molecule has 1 aromatic carbocycles. The molecule has 3 fully saturated rings. The molecule has 2 atom stereocenters. The van der Waals surface area contributed by atoms with E-state index in [4.69, 9.17) is 9.47 Å². The van der Waals surface area contributed by atoms with Crippen molar-refractivity contribution >= 4 is 11.8 Å². The van der Waals surface area contributed by atoms with Gasteiger partial charge in [0.25, 0.3) is 5.91 Å². The molecule has 6 nitrogen and oxygen atoms in total. The Labute approximate surface area is 172 Å². The largest absolute Gasteiger partial charge is 0.376 e. The molecule has 29 heavy (non-hydrogen) atoms. The molecule has 0 radical (unpaired) electrons. The molecule has 2 heterocycles. The molecule has 2 saturated heterocycles. The first-order valence-corrected chi connectivity index (χ1v) is 10.9. The molecule has 6 heteroatoms. The summed E-state index contributed by atoms with van der Waals surface area (Å²) in [7, 11) is 0. The van der Waals surface area contributed by atoms with Gasteiger partial charge in [-0.2, -0.15) is 0 Å². The zero-order valence-corrected chi connectivity index (χ0v) is 17.5. The minimum Gasteiger partial charge on any atom is -0.376 e. The average molecular weight is 401 g/mol. The molecule has 0 bridgehead atoms. The van der Waals surface area contributed by atoms with E-state index in [-0.39, 0.29) is 24.5 Å². The molecule has 1 aromatic rings. The molecular weight excluding hydrogens is 368 g/mol. The van der Waals surface area contributed by atoms with Crippen LogP contribution in [0.3, 0.4) is 0 Å². The Balaban J connectivity index is 1.57. The lowest BCUT2D eigenvalue weighted by atomic mass is 9.83. The molecule has 2 amide bonds. The third-order valence-corrected chi connectivity index (χ3v) is 6.74. The first-order chi connectivity index (χ1) is 14.0. The lowest BCUT2D eigenvalue weighted by Crippen LogP contribution is -2.57. The quantitative estimate of drug-likeness (QED) is 0.844. The standard InChI is InChI=1S/C23H32N2O4/c1-16-9-11-23(12-10-16)25(22(27)19-8-4-3-6-17(19)2)20(15-29-23)21(26)24-14-18-7-5-13-28-18/h3-4,6,8,16,18,20H,5,7,9-15H2,1-2H3,(H,24,26). The molecule has 4 rings (SSSR count). The second-order valence-corrected chi connectivity index (χ2v) is 8.83. The summed E-state index contributed by atoms with van der Waals surface area (Å²) < 4.78 is 11.9. The molecule has 158 valence electrons. The molecule has 0 aromatic heterocycles. The molecule has 1 aliphatic carbocycles.